The van der Waals surface area contributed by atoms with Gasteiger partial charge >= 0.3 is 0 Å². The molecule has 1 saturated heterocycles. The van der Waals surface area contributed by atoms with Gasteiger partial charge in [-0.05, 0) is 37.0 Å². The lowest BCUT2D eigenvalue weighted by molar-refractivity contribution is -0.138. The van der Waals surface area contributed by atoms with Crippen LogP contribution in [0.25, 0.3) is 0 Å². The molecule has 3 rings (SSSR count). The summed E-state index contributed by atoms with van der Waals surface area (Å²) in [6.45, 7) is 1.55. The number of aryl methyl sites for hydroxylation is 1. The molecule has 0 radical (unpaired) electrons. The Balaban J connectivity index is 1.49. The molecule has 1 N–H and O–H groups in total. The number of nitrogens with one attached hydrogen (secondary N) is 1. The van der Waals surface area contributed by atoms with Crippen molar-refractivity contribution in [3.05, 3.63) is 59.9 Å². The molecule has 1 aromatic heterocycles. The van der Waals surface area contributed by atoms with Crippen LogP contribution in [0.1, 0.15) is 30.4 Å². The summed E-state index contributed by atoms with van der Waals surface area (Å²) >= 11 is 0. The van der Waals surface area contributed by atoms with Crippen LogP contribution in [-0.2, 0) is 22.6 Å². The van der Waals surface area contributed by atoms with Crippen LogP contribution in [0.3, 0.4) is 0 Å². The Morgan fingerprint density at radius 3 is 2.93 bits per heavy atom. The maximum Gasteiger partial charge on any atom is 0.224 e. The molecule has 2 amide bonds. The third-order valence-corrected chi connectivity index (χ3v) is 5.09. The number of ether oxygens (including phenoxy) is 1. The predicted octanol–water partition coefficient (Wildman–Crippen LogP) is 2.58. The summed E-state index contributed by atoms with van der Waals surface area (Å²) in [5.74, 6) is 0.721. The average molecular weight is 381 g/mol. The number of methoxy groups -OCH3 is 1. The van der Waals surface area contributed by atoms with Gasteiger partial charge in [0.1, 0.15) is 5.75 Å². The highest BCUT2D eigenvalue weighted by Crippen LogP contribution is 2.24. The Morgan fingerprint density at radius 1 is 1.29 bits per heavy atom. The summed E-state index contributed by atoms with van der Waals surface area (Å²) in [4.78, 5) is 30.7. The van der Waals surface area contributed by atoms with E-state index in [4.69, 9.17) is 4.74 Å². The number of nitrogens with zero attached hydrogens (tertiary/aromatic N) is 2. The monoisotopic (exact) mass is 381 g/mol. The normalized spacial score (nSPS) is 16.7. The van der Waals surface area contributed by atoms with Crippen molar-refractivity contribution >= 4 is 11.8 Å². The van der Waals surface area contributed by atoms with E-state index in [2.05, 4.69) is 10.3 Å². The van der Waals surface area contributed by atoms with Crippen LogP contribution in [0.15, 0.2) is 48.8 Å². The van der Waals surface area contributed by atoms with Gasteiger partial charge in [0.2, 0.25) is 11.8 Å². The van der Waals surface area contributed by atoms with Gasteiger partial charge in [-0.25, -0.2) is 0 Å². The number of piperidine rings is 1. The highest BCUT2D eigenvalue weighted by molar-refractivity contribution is 5.83. The number of para-hydroxylation sites is 1. The van der Waals surface area contributed by atoms with E-state index >= 15 is 0 Å². The number of aromatic nitrogens is 1. The molecule has 0 aliphatic carbocycles. The van der Waals surface area contributed by atoms with Crippen LogP contribution >= 0.6 is 0 Å². The van der Waals surface area contributed by atoms with Gasteiger partial charge in [-0.3, -0.25) is 14.6 Å². The minimum Gasteiger partial charge on any atom is -0.496 e. The maximum atomic E-state index is 12.6. The van der Waals surface area contributed by atoms with Gasteiger partial charge in [0.15, 0.2) is 0 Å². The standard InChI is InChI=1S/C22H27N3O3/c1-28-20-9-3-2-8-18(20)15-25-16-19(10-11-21(25)26)22(27)24-13-5-7-17-6-4-12-23-14-17/h2-4,6,8-9,12,14,19H,5,7,10-11,13,15-16H2,1H3,(H,24,27). The van der Waals surface area contributed by atoms with E-state index in [1.54, 1.807) is 18.2 Å². The molecule has 148 valence electrons. The summed E-state index contributed by atoms with van der Waals surface area (Å²) in [5.41, 5.74) is 2.12. The lowest BCUT2D eigenvalue weighted by atomic mass is 9.96. The van der Waals surface area contributed by atoms with Crippen LogP contribution in [0.4, 0.5) is 0 Å². The molecule has 0 saturated carbocycles. The van der Waals surface area contributed by atoms with E-state index in [0.29, 0.717) is 32.5 Å². The third-order valence-electron chi connectivity index (χ3n) is 5.09. The van der Waals surface area contributed by atoms with Crippen molar-refractivity contribution in [3.8, 4) is 5.75 Å². The van der Waals surface area contributed by atoms with Gasteiger partial charge in [-0.15, -0.1) is 0 Å². The zero-order valence-electron chi connectivity index (χ0n) is 16.3. The minimum atomic E-state index is -0.161. The molecule has 1 fully saturated rings. The van der Waals surface area contributed by atoms with E-state index in [0.717, 1.165) is 24.2 Å². The summed E-state index contributed by atoms with van der Waals surface area (Å²) < 4.78 is 5.38. The average Bonchev–Trinajstić information content (AvgIpc) is 2.73. The number of benzene rings is 1. The van der Waals surface area contributed by atoms with E-state index < -0.39 is 0 Å². The second kappa shape index (κ2) is 9.88. The fourth-order valence-electron chi connectivity index (χ4n) is 3.52. The van der Waals surface area contributed by atoms with Crippen molar-refractivity contribution in [2.75, 3.05) is 20.2 Å². The van der Waals surface area contributed by atoms with Gasteiger partial charge in [-0.2, -0.15) is 0 Å². The molecule has 1 aromatic carbocycles. The highest BCUT2D eigenvalue weighted by Gasteiger charge is 2.30. The topological polar surface area (TPSA) is 71.5 Å². The smallest absolute Gasteiger partial charge is 0.224 e. The molecule has 1 aliphatic rings. The van der Waals surface area contributed by atoms with Gasteiger partial charge in [-0.1, -0.05) is 24.3 Å². The zero-order valence-corrected chi connectivity index (χ0v) is 16.3. The number of carbonyl (C=O) groups excluding carboxylic acids is 2. The van der Waals surface area contributed by atoms with E-state index in [9.17, 15) is 9.59 Å². The van der Waals surface area contributed by atoms with Crippen LogP contribution in [0.2, 0.25) is 0 Å². The first-order chi connectivity index (χ1) is 13.7. The zero-order chi connectivity index (χ0) is 19.8. The molecular weight excluding hydrogens is 354 g/mol. The lowest BCUT2D eigenvalue weighted by Crippen LogP contribution is -2.45. The molecule has 1 atom stereocenters. The van der Waals surface area contributed by atoms with Crippen molar-refractivity contribution in [3.63, 3.8) is 0 Å². The Hall–Kier alpha value is -2.89. The van der Waals surface area contributed by atoms with Crippen LogP contribution in [0.5, 0.6) is 5.75 Å². The summed E-state index contributed by atoms with van der Waals surface area (Å²) in [7, 11) is 1.62. The van der Waals surface area contributed by atoms with Crippen LogP contribution in [0, 0.1) is 5.92 Å². The first-order valence-corrected chi connectivity index (χ1v) is 9.73. The summed E-state index contributed by atoms with van der Waals surface area (Å²) in [6, 6.07) is 11.6. The first-order valence-electron chi connectivity index (χ1n) is 9.73. The molecular formula is C22H27N3O3. The first kappa shape index (κ1) is 19.9. The van der Waals surface area contributed by atoms with Crippen molar-refractivity contribution < 1.29 is 14.3 Å². The number of hydrogen-bond donors (Lipinski definition) is 1. The maximum absolute atomic E-state index is 12.6. The number of carbonyl (C=O) groups is 2. The fraction of sp³-hybridized carbons (Fsp3) is 0.409. The second-order valence-electron chi connectivity index (χ2n) is 7.08. The number of likely N-dealkylation sites (tertiary alicyclic amines) is 1. The Morgan fingerprint density at radius 2 is 2.14 bits per heavy atom. The largest absolute Gasteiger partial charge is 0.496 e. The highest BCUT2D eigenvalue weighted by atomic mass is 16.5. The molecule has 6 heteroatoms. The van der Waals surface area contributed by atoms with Crippen molar-refractivity contribution in [2.45, 2.75) is 32.2 Å². The Labute approximate surface area is 165 Å². The number of amides is 2. The van der Waals surface area contributed by atoms with Crippen LogP contribution in [-0.4, -0.2) is 41.9 Å². The lowest BCUT2D eigenvalue weighted by Gasteiger charge is -2.32. The Kier molecular flexibility index (Phi) is 7.00. The molecule has 28 heavy (non-hydrogen) atoms. The van der Waals surface area contributed by atoms with Gasteiger partial charge in [0, 0.05) is 44.0 Å². The third kappa shape index (κ3) is 5.31. The van der Waals surface area contributed by atoms with E-state index in [1.165, 1.54) is 5.56 Å². The van der Waals surface area contributed by atoms with Crippen molar-refractivity contribution in [1.29, 1.82) is 0 Å². The molecule has 2 aromatic rings. The van der Waals surface area contributed by atoms with E-state index in [1.807, 2.05) is 42.6 Å². The van der Waals surface area contributed by atoms with Crippen LogP contribution < -0.4 is 10.1 Å². The van der Waals surface area contributed by atoms with Gasteiger partial charge in [0.05, 0.1) is 13.0 Å². The molecule has 6 nitrogen and oxygen atoms in total. The Bertz CT molecular complexity index is 795. The van der Waals surface area contributed by atoms with Crippen molar-refractivity contribution in [1.82, 2.24) is 15.2 Å². The summed E-state index contributed by atoms with van der Waals surface area (Å²) in [6.07, 6.45) is 6.38. The fourth-order valence-corrected chi connectivity index (χ4v) is 3.52. The number of rotatable bonds is 8. The minimum absolute atomic E-state index is 0.0312. The quantitative estimate of drug-likeness (QED) is 0.714. The number of pyridine rings is 1. The van der Waals surface area contributed by atoms with Gasteiger partial charge < -0.3 is 15.0 Å². The molecule has 1 aliphatic heterocycles. The molecule has 0 bridgehead atoms. The SMILES string of the molecule is COc1ccccc1CN1CC(C(=O)NCCCc2cccnc2)CCC1=O. The predicted molar refractivity (Wildman–Crippen MR) is 107 cm³/mol. The summed E-state index contributed by atoms with van der Waals surface area (Å²) in [5, 5.41) is 3.02. The van der Waals surface area contributed by atoms with Crippen molar-refractivity contribution in [2.24, 2.45) is 5.92 Å². The molecule has 2 heterocycles. The second-order valence-corrected chi connectivity index (χ2v) is 7.08. The van der Waals surface area contributed by atoms with Gasteiger partial charge in [0.25, 0.3) is 0 Å². The molecule has 1 unspecified atom stereocenters. The van der Waals surface area contributed by atoms with E-state index in [-0.39, 0.29) is 17.7 Å². The number of hydrogen-bond acceptors (Lipinski definition) is 4. The molecule has 0 spiro atoms.